The molecule has 0 unspecified atom stereocenters. The fourth-order valence-corrected chi connectivity index (χ4v) is 3.79. The number of hydrogen-bond acceptors (Lipinski definition) is 4. The molecule has 5 heteroatoms. The SMILES string of the molecule is CCC(=O)Oc1c(-c2ccc(Cl)cc2)c2nc3ccccc3nc2c2ccccc12. The van der Waals surface area contributed by atoms with Gasteiger partial charge in [0.05, 0.1) is 22.1 Å². The number of esters is 1. The van der Waals surface area contributed by atoms with E-state index >= 15 is 0 Å². The van der Waals surface area contributed by atoms with E-state index in [1.165, 1.54) is 0 Å². The van der Waals surface area contributed by atoms with E-state index in [0.717, 1.165) is 38.4 Å². The summed E-state index contributed by atoms with van der Waals surface area (Å²) in [6.45, 7) is 1.78. The van der Waals surface area contributed by atoms with E-state index in [9.17, 15) is 4.79 Å². The van der Waals surface area contributed by atoms with Gasteiger partial charge in [0.25, 0.3) is 0 Å². The van der Waals surface area contributed by atoms with E-state index in [2.05, 4.69) is 0 Å². The zero-order valence-electron chi connectivity index (χ0n) is 16.2. The predicted molar refractivity (Wildman–Crippen MR) is 121 cm³/mol. The lowest BCUT2D eigenvalue weighted by atomic mass is 9.96. The Labute approximate surface area is 178 Å². The van der Waals surface area contributed by atoms with Crippen molar-refractivity contribution in [3.05, 3.63) is 77.8 Å². The van der Waals surface area contributed by atoms with E-state index in [1.54, 1.807) is 6.92 Å². The minimum atomic E-state index is -0.302. The Morgan fingerprint density at radius 2 is 1.43 bits per heavy atom. The second-order valence-corrected chi connectivity index (χ2v) is 7.43. The smallest absolute Gasteiger partial charge is 0.310 e. The van der Waals surface area contributed by atoms with Crippen molar-refractivity contribution < 1.29 is 9.53 Å². The Morgan fingerprint density at radius 3 is 2.10 bits per heavy atom. The summed E-state index contributed by atoms with van der Waals surface area (Å²) in [5.41, 5.74) is 4.65. The first-order chi connectivity index (χ1) is 14.7. The van der Waals surface area contributed by atoms with Crippen molar-refractivity contribution in [3.8, 4) is 16.9 Å². The van der Waals surface area contributed by atoms with E-state index in [-0.39, 0.29) is 12.4 Å². The van der Waals surface area contributed by atoms with Crippen molar-refractivity contribution >= 4 is 50.4 Å². The first-order valence-electron chi connectivity index (χ1n) is 9.73. The monoisotopic (exact) mass is 412 g/mol. The van der Waals surface area contributed by atoms with Crippen LogP contribution in [0.2, 0.25) is 5.02 Å². The van der Waals surface area contributed by atoms with Crippen LogP contribution in [-0.4, -0.2) is 15.9 Å². The molecular weight excluding hydrogens is 396 g/mol. The molecule has 1 aromatic heterocycles. The van der Waals surface area contributed by atoms with Crippen LogP contribution in [0, 0.1) is 0 Å². The summed E-state index contributed by atoms with van der Waals surface area (Å²) in [4.78, 5) is 22.2. The molecule has 0 atom stereocenters. The third-order valence-corrected chi connectivity index (χ3v) is 5.35. The van der Waals surface area contributed by atoms with Gasteiger partial charge >= 0.3 is 5.97 Å². The van der Waals surface area contributed by atoms with E-state index in [0.29, 0.717) is 16.3 Å². The normalized spacial score (nSPS) is 11.3. The number of fused-ring (bicyclic) bond motifs is 4. The van der Waals surface area contributed by atoms with Gasteiger partial charge in [-0.15, -0.1) is 0 Å². The van der Waals surface area contributed by atoms with Crippen molar-refractivity contribution in [2.45, 2.75) is 13.3 Å². The van der Waals surface area contributed by atoms with Crippen LogP contribution in [0.25, 0.3) is 44.0 Å². The van der Waals surface area contributed by atoms with Crippen molar-refractivity contribution in [2.24, 2.45) is 0 Å². The molecular formula is C25H17ClN2O2. The summed E-state index contributed by atoms with van der Waals surface area (Å²) in [6, 6.07) is 23.0. The van der Waals surface area contributed by atoms with Crippen LogP contribution in [-0.2, 0) is 4.79 Å². The van der Waals surface area contributed by atoms with Crippen molar-refractivity contribution in [1.29, 1.82) is 0 Å². The third kappa shape index (κ3) is 3.06. The minimum absolute atomic E-state index is 0.274. The van der Waals surface area contributed by atoms with Crippen LogP contribution in [0.1, 0.15) is 13.3 Å². The molecule has 0 aliphatic rings. The number of hydrogen-bond donors (Lipinski definition) is 0. The van der Waals surface area contributed by atoms with Gasteiger partial charge in [0, 0.05) is 22.2 Å². The molecule has 0 saturated heterocycles. The highest BCUT2D eigenvalue weighted by molar-refractivity contribution is 6.30. The van der Waals surface area contributed by atoms with Gasteiger partial charge in [0.1, 0.15) is 11.3 Å². The van der Waals surface area contributed by atoms with E-state index in [1.807, 2.05) is 72.8 Å². The highest BCUT2D eigenvalue weighted by atomic mass is 35.5. The average Bonchev–Trinajstić information content (AvgIpc) is 2.79. The van der Waals surface area contributed by atoms with Crippen LogP contribution in [0.4, 0.5) is 0 Å². The topological polar surface area (TPSA) is 52.1 Å². The number of halogens is 1. The summed E-state index contributed by atoms with van der Waals surface area (Å²) in [6.07, 6.45) is 0.274. The third-order valence-electron chi connectivity index (χ3n) is 5.10. The second-order valence-electron chi connectivity index (χ2n) is 6.99. The number of carbonyl (C=O) groups is 1. The lowest BCUT2D eigenvalue weighted by Gasteiger charge is -2.17. The standard InChI is InChI=1S/C25H17ClN2O2/c1-2-21(29)30-25-18-8-4-3-7-17(18)23-24(22(25)15-11-13-16(26)14-12-15)28-20-10-6-5-9-19(20)27-23/h3-14H,2H2,1H3. The summed E-state index contributed by atoms with van der Waals surface area (Å²) in [5.74, 6) is 0.195. The molecule has 5 aromatic rings. The number of ether oxygens (including phenoxy) is 1. The molecule has 0 fully saturated rings. The molecule has 4 nitrogen and oxygen atoms in total. The minimum Gasteiger partial charge on any atom is -0.425 e. The van der Waals surface area contributed by atoms with Crippen LogP contribution < -0.4 is 4.74 Å². The van der Waals surface area contributed by atoms with Gasteiger partial charge in [0.15, 0.2) is 0 Å². The number of nitrogens with zero attached hydrogens (tertiary/aromatic N) is 2. The fraction of sp³-hybridized carbons (Fsp3) is 0.0800. The number of benzene rings is 4. The molecule has 0 bridgehead atoms. The highest BCUT2D eigenvalue weighted by Crippen LogP contribution is 2.43. The Kier molecular flexibility index (Phi) is 4.57. The van der Waals surface area contributed by atoms with Crippen LogP contribution in [0.15, 0.2) is 72.8 Å². The Bertz CT molecular complexity index is 1430. The number of carbonyl (C=O) groups excluding carboxylic acids is 1. The maximum atomic E-state index is 12.3. The van der Waals surface area contributed by atoms with Crippen molar-refractivity contribution in [2.75, 3.05) is 0 Å². The zero-order chi connectivity index (χ0) is 20.7. The molecule has 0 aliphatic heterocycles. The summed E-state index contributed by atoms with van der Waals surface area (Å²) in [5, 5.41) is 2.34. The zero-order valence-corrected chi connectivity index (χ0v) is 17.0. The van der Waals surface area contributed by atoms with Gasteiger partial charge in [-0.2, -0.15) is 0 Å². The summed E-state index contributed by atoms with van der Waals surface area (Å²) in [7, 11) is 0. The Hall–Kier alpha value is -3.50. The van der Waals surface area contributed by atoms with Crippen molar-refractivity contribution in [3.63, 3.8) is 0 Å². The van der Waals surface area contributed by atoms with Gasteiger partial charge < -0.3 is 4.74 Å². The molecule has 30 heavy (non-hydrogen) atoms. The van der Waals surface area contributed by atoms with E-state index < -0.39 is 0 Å². The average molecular weight is 413 g/mol. The molecule has 0 aliphatic carbocycles. The Morgan fingerprint density at radius 1 is 0.833 bits per heavy atom. The maximum Gasteiger partial charge on any atom is 0.310 e. The van der Waals surface area contributed by atoms with Crippen LogP contribution >= 0.6 is 11.6 Å². The Balaban J connectivity index is 1.99. The van der Waals surface area contributed by atoms with Gasteiger partial charge in [-0.25, -0.2) is 9.97 Å². The van der Waals surface area contributed by atoms with Crippen LogP contribution in [0.3, 0.4) is 0 Å². The lowest BCUT2D eigenvalue weighted by molar-refractivity contribution is -0.133. The first-order valence-corrected chi connectivity index (χ1v) is 10.1. The molecule has 0 N–H and O–H groups in total. The lowest BCUT2D eigenvalue weighted by Crippen LogP contribution is -2.08. The highest BCUT2D eigenvalue weighted by Gasteiger charge is 2.21. The second kappa shape index (κ2) is 7.39. The largest absolute Gasteiger partial charge is 0.425 e. The van der Waals surface area contributed by atoms with Gasteiger partial charge in [-0.05, 0) is 29.8 Å². The van der Waals surface area contributed by atoms with Crippen molar-refractivity contribution in [1.82, 2.24) is 9.97 Å². The molecule has 0 radical (unpaired) electrons. The molecule has 0 amide bonds. The molecule has 0 saturated carbocycles. The summed E-state index contributed by atoms with van der Waals surface area (Å²) < 4.78 is 5.87. The van der Waals surface area contributed by atoms with E-state index in [4.69, 9.17) is 26.3 Å². The first kappa shape index (κ1) is 18.5. The maximum absolute atomic E-state index is 12.3. The number of para-hydroxylation sites is 2. The quantitative estimate of drug-likeness (QED) is 0.145. The fourth-order valence-electron chi connectivity index (χ4n) is 3.67. The van der Waals surface area contributed by atoms with Gasteiger partial charge in [0.2, 0.25) is 0 Å². The summed E-state index contributed by atoms with van der Waals surface area (Å²) >= 11 is 6.12. The molecule has 0 spiro atoms. The van der Waals surface area contributed by atoms with Gasteiger partial charge in [-0.1, -0.05) is 67.1 Å². The molecule has 1 heterocycles. The number of rotatable bonds is 3. The van der Waals surface area contributed by atoms with Gasteiger partial charge in [-0.3, -0.25) is 4.79 Å². The molecule has 146 valence electrons. The van der Waals surface area contributed by atoms with Crippen LogP contribution in [0.5, 0.6) is 5.75 Å². The predicted octanol–water partition coefficient (Wildman–Crippen LogP) is 6.57. The molecule has 5 rings (SSSR count). The molecule has 4 aromatic carbocycles. The number of aromatic nitrogens is 2.